The minimum Gasteiger partial charge on any atom is -0.371 e. The maximum atomic E-state index is 6.01. The van der Waals surface area contributed by atoms with Crippen molar-refractivity contribution < 1.29 is 4.74 Å². The number of piperidine rings is 1. The Morgan fingerprint density at radius 3 is 3.10 bits per heavy atom. The van der Waals surface area contributed by atoms with Crippen LogP contribution in [0.2, 0.25) is 0 Å². The molecular formula is C15H20N4OS. The number of likely N-dealkylation sites (tertiary alicyclic amines) is 1. The predicted octanol–water partition coefficient (Wildman–Crippen LogP) is 2.42. The zero-order valence-corrected chi connectivity index (χ0v) is 13.1. The summed E-state index contributed by atoms with van der Waals surface area (Å²) in [6.45, 7) is 5.55. The van der Waals surface area contributed by atoms with Crippen LogP contribution in [0.25, 0.3) is 0 Å². The van der Waals surface area contributed by atoms with Gasteiger partial charge in [-0.3, -0.25) is 9.88 Å². The molecule has 5 nitrogen and oxygen atoms in total. The Morgan fingerprint density at radius 2 is 2.33 bits per heavy atom. The highest BCUT2D eigenvalue weighted by Gasteiger charge is 2.21. The van der Waals surface area contributed by atoms with Gasteiger partial charge in [-0.1, -0.05) is 6.07 Å². The Bertz CT molecular complexity index is 560. The first-order chi connectivity index (χ1) is 10.3. The van der Waals surface area contributed by atoms with Crippen molar-refractivity contribution in [3.63, 3.8) is 0 Å². The van der Waals surface area contributed by atoms with E-state index in [0.29, 0.717) is 6.61 Å². The normalized spacial score (nSPS) is 19.8. The van der Waals surface area contributed by atoms with Crippen LogP contribution in [0.15, 0.2) is 24.4 Å². The number of hydrogen-bond acceptors (Lipinski definition) is 6. The second kappa shape index (κ2) is 7.06. The summed E-state index contributed by atoms with van der Waals surface area (Å²) in [6.07, 6.45) is 4.39. The Hall–Kier alpha value is -1.37. The Morgan fingerprint density at radius 1 is 1.38 bits per heavy atom. The molecule has 0 aliphatic carbocycles. The molecule has 1 atom stereocenters. The maximum absolute atomic E-state index is 6.01. The molecule has 0 amide bonds. The SMILES string of the molecule is Cc1nnc(CN2CCCC(OCc3ccccn3)C2)s1. The molecule has 112 valence electrons. The molecule has 0 radical (unpaired) electrons. The van der Waals surface area contributed by atoms with Crippen LogP contribution in [0.3, 0.4) is 0 Å². The summed E-state index contributed by atoms with van der Waals surface area (Å²) in [5, 5.41) is 10.4. The van der Waals surface area contributed by atoms with Crippen molar-refractivity contribution in [2.75, 3.05) is 13.1 Å². The van der Waals surface area contributed by atoms with Gasteiger partial charge < -0.3 is 4.74 Å². The highest BCUT2D eigenvalue weighted by Crippen LogP contribution is 2.18. The summed E-state index contributed by atoms with van der Waals surface area (Å²) in [7, 11) is 0. The van der Waals surface area contributed by atoms with Crippen LogP contribution >= 0.6 is 11.3 Å². The van der Waals surface area contributed by atoms with Crippen LogP contribution < -0.4 is 0 Å². The first-order valence-electron chi connectivity index (χ1n) is 7.32. The molecule has 3 rings (SSSR count). The van der Waals surface area contributed by atoms with Gasteiger partial charge in [0.05, 0.1) is 24.9 Å². The van der Waals surface area contributed by atoms with Gasteiger partial charge in [-0.15, -0.1) is 21.5 Å². The first-order valence-corrected chi connectivity index (χ1v) is 8.14. The van der Waals surface area contributed by atoms with E-state index in [1.807, 2.05) is 31.3 Å². The van der Waals surface area contributed by atoms with Gasteiger partial charge >= 0.3 is 0 Å². The molecular weight excluding hydrogens is 284 g/mol. The third kappa shape index (κ3) is 4.30. The molecule has 1 fully saturated rings. The van der Waals surface area contributed by atoms with E-state index in [1.165, 1.54) is 6.42 Å². The van der Waals surface area contributed by atoms with Gasteiger partial charge in [0.25, 0.3) is 0 Å². The molecule has 3 heterocycles. The van der Waals surface area contributed by atoms with Crippen LogP contribution in [-0.2, 0) is 17.9 Å². The van der Waals surface area contributed by atoms with Crippen molar-refractivity contribution in [2.24, 2.45) is 0 Å². The van der Waals surface area contributed by atoms with Crippen LogP contribution in [0.5, 0.6) is 0 Å². The Balaban J connectivity index is 1.49. The molecule has 6 heteroatoms. The number of aromatic nitrogens is 3. The zero-order valence-electron chi connectivity index (χ0n) is 12.2. The van der Waals surface area contributed by atoms with Crippen LogP contribution in [0.4, 0.5) is 0 Å². The van der Waals surface area contributed by atoms with Crippen molar-refractivity contribution in [3.8, 4) is 0 Å². The molecule has 2 aromatic rings. The van der Waals surface area contributed by atoms with Gasteiger partial charge in [-0.2, -0.15) is 0 Å². The van der Waals surface area contributed by atoms with E-state index in [9.17, 15) is 0 Å². The Kier molecular flexibility index (Phi) is 4.90. The lowest BCUT2D eigenvalue weighted by molar-refractivity contribution is -0.0133. The lowest BCUT2D eigenvalue weighted by Crippen LogP contribution is -2.39. The minimum atomic E-state index is 0.287. The molecule has 1 aliphatic heterocycles. The van der Waals surface area contributed by atoms with E-state index in [0.717, 1.165) is 41.8 Å². The summed E-state index contributed by atoms with van der Waals surface area (Å²) in [6, 6.07) is 5.93. The van der Waals surface area contributed by atoms with Gasteiger partial charge in [-0.05, 0) is 38.4 Å². The molecule has 0 aromatic carbocycles. The molecule has 1 unspecified atom stereocenters. The first kappa shape index (κ1) is 14.6. The molecule has 0 N–H and O–H groups in total. The fourth-order valence-corrected chi connectivity index (χ4v) is 3.32. The number of aryl methyl sites for hydroxylation is 1. The highest BCUT2D eigenvalue weighted by molar-refractivity contribution is 7.11. The molecule has 1 saturated heterocycles. The summed E-state index contributed by atoms with van der Waals surface area (Å²) in [4.78, 5) is 6.71. The standard InChI is InChI=1S/C15H20N4OS/c1-12-17-18-15(21-12)10-19-8-4-6-14(9-19)20-11-13-5-2-3-7-16-13/h2-3,5,7,14H,4,6,8-11H2,1H3. The van der Waals surface area contributed by atoms with Gasteiger partial charge in [0.15, 0.2) is 0 Å². The van der Waals surface area contributed by atoms with E-state index in [1.54, 1.807) is 11.3 Å². The lowest BCUT2D eigenvalue weighted by Gasteiger charge is -2.31. The topological polar surface area (TPSA) is 51.1 Å². The number of hydrogen-bond donors (Lipinski definition) is 0. The molecule has 1 aliphatic rings. The molecule has 0 bridgehead atoms. The zero-order chi connectivity index (χ0) is 14.5. The number of nitrogens with zero attached hydrogens (tertiary/aromatic N) is 4. The summed E-state index contributed by atoms with van der Waals surface area (Å²) >= 11 is 1.68. The largest absolute Gasteiger partial charge is 0.371 e. The third-order valence-corrected chi connectivity index (χ3v) is 4.41. The smallest absolute Gasteiger partial charge is 0.131 e. The molecule has 21 heavy (non-hydrogen) atoms. The summed E-state index contributed by atoms with van der Waals surface area (Å²) in [5.74, 6) is 0. The number of rotatable bonds is 5. The van der Waals surface area contributed by atoms with Crippen molar-refractivity contribution in [2.45, 2.75) is 39.0 Å². The van der Waals surface area contributed by atoms with Crippen LogP contribution in [0.1, 0.15) is 28.6 Å². The van der Waals surface area contributed by atoms with E-state index in [2.05, 4.69) is 20.1 Å². The quantitative estimate of drug-likeness (QED) is 0.849. The monoisotopic (exact) mass is 304 g/mol. The fraction of sp³-hybridized carbons (Fsp3) is 0.533. The fourth-order valence-electron chi connectivity index (χ4n) is 2.57. The van der Waals surface area contributed by atoms with Crippen LogP contribution in [-0.4, -0.2) is 39.3 Å². The van der Waals surface area contributed by atoms with Crippen molar-refractivity contribution >= 4 is 11.3 Å². The van der Waals surface area contributed by atoms with Crippen molar-refractivity contribution in [1.29, 1.82) is 0 Å². The maximum Gasteiger partial charge on any atom is 0.131 e. The third-order valence-electron chi connectivity index (χ3n) is 3.58. The average molecular weight is 304 g/mol. The number of ether oxygens (including phenoxy) is 1. The van der Waals surface area contributed by atoms with Crippen molar-refractivity contribution in [3.05, 3.63) is 40.1 Å². The summed E-state index contributed by atoms with van der Waals surface area (Å²) < 4.78 is 6.01. The van der Waals surface area contributed by atoms with Crippen molar-refractivity contribution in [1.82, 2.24) is 20.1 Å². The minimum absolute atomic E-state index is 0.287. The van der Waals surface area contributed by atoms with Gasteiger partial charge in [0.1, 0.15) is 10.0 Å². The average Bonchev–Trinajstić information content (AvgIpc) is 2.92. The summed E-state index contributed by atoms with van der Waals surface area (Å²) in [5.41, 5.74) is 0.995. The lowest BCUT2D eigenvalue weighted by atomic mass is 10.1. The van der Waals surface area contributed by atoms with E-state index in [4.69, 9.17) is 4.74 Å². The second-order valence-electron chi connectivity index (χ2n) is 5.35. The van der Waals surface area contributed by atoms with Gasteiger partial charge in [0.2, 0.25) is 0 Å². The second-order valence-corrected chi connectivity index (χ2v) is 6.61. The van der Waals surface area contributed by atoms with Gasteiger partial charge in [0, 0.05) is 12.7 Å². The predicted molar refractivity (Wildman–Crippen MR) is 82.0 cm³/mol. The van der Waals surface area contributed by atoms with E-state index >= 15 is 0 Å². The number of pyridine rings is 1. The molecule has 0 spiro atoms. The molecule has 0 saturated carbocycles. The molecule has 2 aromatic heterocycles. The van der Waals surface area contributed by atoms with E-state index < -0.39 is 0 Å². The highest BCUT2D eigenvalue weighted by atomic mass is 32.1. The van der Waals surface area contributed by atoms with Crippen LogP contribution in [0, 0.1) is 6.92 Å². The Labute approximate surface area is 129 Å². The van der Waals surface area contributed by atoms with Gasteiger partial charge in [-0.25, -0.2) is 0 Å². The van der Waals surface area contributed by atoms with E-state index in [-0.39, 0.29) is 6.10 Å².